The second-order valence-corrected chi connectivity index (χ2v) is 7.79. The molecule has 1 amide bonds. The number of likely N-dealkylation sites (tertiary alicyclic amines) is 1. The van der Waals surface area contributed by atoms with Crippen LogP contribution in [0, 0.1) is 0 Å². The standard InChI is InChI=1S/C24H29N3O2/c1-29-22-7-8-23-20(17-22)9-15-27(23)16-12-24(28)25-21-10-13-26(14-11-21)18-19-5-3-2-4-6-19/h2-9,15,17,21H,10-14,16,18H2,1H3,(H,25,28). The molecule has 1 N–H and O–H groups in total. The van der Waals surface area contributed by atoms with Crippen molar-refractivity contribution < 1.29 is 9.53 Å². The zero-order valence-electron chi connectivity index (χ0n) is 17.0. The summed E-state index contributed by atoms with van der Waals surface area (Å²) in [5, 5.41) is 4.37. The van der Waals surface area contributed by atoms with Crippen LogP contribution in [0.5, 0.6) is 5.75 Å². The van der Waals surface area contributed by atoms with E-state index in [-0.39, 0.29) is 5.91 Å². The molecule has 29 heavy (non-hydrogen) atoms. The summed E-state index contributed by atoms with van der Waals surface area (Å²) in [5.74, 6) is 0.994. The van der Waals surface area contributed by atoms with E-state index in [0.717, 1.165) is 49.1 Å². The zero-order valence-corrected chi connectivity index (χ0v) is 17.0. The first kappa shape index (κ1) is 19.5. The Kier molecular flexibility index (Phi) is 6.15. The molecule has 1 aliphatic rings. The third-order valence-electron chi connectivity index (χ3n) is 5.76. The van der Waals surface area contributed by atoms with Crippen molar-refractivity contribution in [2.75, 3.05) is 20.2 Å². The lowest BCUT2D eigenvalue weighted by molar-refractivity contribution is -0.122. The lowest BCUT2D eigenvalue weighted by Crippen LogP contribution is -2.44. The molecule has 0 saturated carbocycles. The molecule has 0 spiro atoms. The highest BCUT2D eigenvalue weighted by Crippen LogP contribution is 2.22. The highest BCUT2D eigenvalue weighted by molar-refractivity contribution is 5.82. The number of aromatic nitrogens is 1. The lowest BCUT2D eigenvalue weighted by Gasteiger charge is -2.32. The fourth-order valence-corrected chi connectivity index (χ4v) is 4.10. The van der Waals surface area contributed by atoms with Gasteiger partial charge in [-0.15, -0.1) is 0 Å². The van der Waals surface area contributed by atoms with Crippen molar-refractivity contribution in [3.8, 4) is 5.75 Å². The number of nitrogens with one attached hydrogen (secondary N) is 1. The van der Waals surface area contributed by atoms with Gasteiger partial charge in [0.2, 0.25) is 5.91 Å². The van der Waals surface area contributed by atoms with Crippen molar-refractivity contribution in [1.29, 1.82) is 0 Å². The molecule has 152 valence electrons. The van der Waals surface area contributed by atoms with Crippen molar-refractivity contribution in [3.63, 3.8) is 0 Å². The zero-order chi connectivity index (χ0) is 20.1. The molecule has 2 aromatic carbocycles. The SMILES string of the molecule is COc1ccc2c(ccn2CCC(=O)NC2CCN(Cc3ccccc3)CC2)c1. The third-order valence-corrected chi connectivity index (χ3v) is 5.76. The third kappa shape index (κ3) is 4.98. The van der Waals surface area contributed by atoms with E-state index in [0.29, 0.717) is 19.0 Å². The molecule has 0 aliphatic carbocycles. The lowest BCUT2D eigenvalue weighted by atomic mass is 10.0. The molecular formula is C24H29N3O2. The monoisotopic (exact) mass is 391 g/mol. The number of fused-ring (bicyclic) bond motifs is 1. The van der Waals surface area contributed by atoms with E-state index in [1.54, 1.807) is 7.11 Å². The molecule has 5 heteroatoms. The molecule has 3 aromatic rings. The van der Waals surface area contributed by atoms with Crippen LogP contribution in [0.4, 0.5) is 0 Å². The van der Waals surface area contributed by atoms with Crippen LogP contribution >= 0.6 is 0 Å². The quantitative estimate of drug-likeness (QED) is 0.666. The number of piperidine rings is 1. The van der Waals surface area contributed by atoms with E-state index in [1.165, 1.54) is 5.56 Å². The summed E-state index contributed by atoms with van der Waals surface area (Å²) in [5.41, 5.74) is 2.49. The van der Waals surface area contributed by atoms with Crippen LogP contribution in [-0.2, 0) is 17.9 Å². The maximum Gasteiger partial charge on any atom is 0.222 e. The Morgan fingerprint density at radius 1 is 1.10 bits per heavy atom. The van der Waals surface area contributed by atoms with Gasteiger partial charge in [0.15, 0.2) is 0 Å². The highest BCUT2D eigenvalue weighted by Gasteiger charge is 2.20. The van der Waals surface area contributed by atoms with Crippen molar-refractivity contribution in [3.05, 3.63) is 66.4 Å². The van der Waals surface area contributed by atoms with Gasteiger partial charge in [0, 0.05) is 55.7 Å². The average molecular weight is 392 g/mol. The second-order valence-electron chi connectivity index (χ2n) is 7.79. The van der Waals surface area contributed by atoms with Crippen LogP contribution in [0.25, 0.3) is 10.9 Å². The molecule has 4 rings (SSSR count). The number of carbonyl (C=O) groups excluding carboxylic acids is 1. The minimum Gasteiger partial charge on any atom is -0.497 e. The van der Waals surface area contributed by atoms with Crippen LogP contribution in [0.3, 0.4) is 0 Å². The van der Waals surface area contributed by atoms with E-state index in [2.05, 4.69) is 57.2 Å². The first-order valence-corrected chi connectivity index (χ1v) is 10.4. The number of benzene rings is 2. The second kappa shape index (κ2) is 9.14. The van der Waals surface area contributed by atoms with E-state index in [9.17, 15) is 4.79 Å². The Balaban J connectivity index is 1.22. The fraction of sp³-hybridized carbons (Fsp3) is 0.375. The Morgan fingerprint density at radius 2 is 1.90 bits per heavy atom. The van der Waals surface area contributed by atoms with E-state index in [1.807, 2.05) is 18.3 Å². The molecule has 1 saturated heterocycles. The Hall–Kier alpha value is -2.79. The van der Waals surface area contributed by atoms with Gasteiger partial charge in [-0.25, -0.2) is 0 Å². The summed E-state index contributed by atoms with van der Waals surface area (Å²) in [6.07, 6.45) is 4.58. The molecule has 1 aliphatic heterocycles. The van der Waals surface area contributed by atoms with Crippen molar-refractivity contribution in [2.24, 2.45) is 0 Å². The predicted molar refractivity (Wildman–Crippen MR) is 116 cm³/mol. The molecule has 0 atom stereocenters. The number of amides is 1. The van der Waals surface area contributed by atoms with Crippen LogP contribution in [0.2, 0.25) is 0 Å². The number of rotatable bonds is 7. The number of carbonyl (C=O) groups is 1. The van der Waals surface area contributed by atoms with Gasteiger partial charge < -0.3 is 14.6 Å². The van der Waals surface area contributed by atoms with Crippen LogP contribution < -0.4 is 10.1 Å². The summed E-state index contributed by atoms with van der Waals surface area (Å²) in [4.78, 5) is 14.9. The summed E-state index contributed by atoms with van der Waals surface area (Å²) in [6, 6.07) is 19.0. The van der Waals surface area contributed by atoms with E-state index < -0.39 is 0 Å². The highest BCUT2D eigenvalue weighted by atomic mass is 16.5. The van der Waals surface area contributed by atoms with E-state index in [4.69, 9.17) is 4.74 Å². The topological polar surface area (TPSA) is 46.5 Å². The number of aryl methyl sites for hydroxylation is 1. The Bertz CT molecular complexity index is 943. The molecule has 1 aromatic heterocycles. The number of nitrogens with zero attached hydrogens (tertiary/aromatic N) is 2. The maximum atomic E-state index is 12.5. The van der Waals surface area contributed by atoms with Crippen molar-refractivity contribution >= 4 is 16.8 Å². The summed E-state index contributed by atoms with van der Waals surface area (Å²) < 4.78 is 7.41. The minimum atomic E-state index is 0.141. The largest absolute Gasteiger partial charge is 0.497 e. The Labute approximate surface area is 172 Å². The van der Waals surface area contributed by atoms with Crippen LogP contribution in [0.15, 0.2) is 60.8 Å². The van der Waals surface area contributed by atoms with Gasteiger partial charge in [-0.1, -0.05) is 30.3 Å². The molecule has 0 bridgehead atoms. The van der Waals surface area contributed by atoms with Crippen LogP contribution in [0.1, 0.15) is 24.8 Å². The van der Waals surface area contributed by atoms with Gasteiger partial charge in [0.1, 0.15) is 5.75 Å². The molecule has 0 unspecified atom stereocenters. The van der Waals surface area contributed by atoms with Crippen molar-refractivity contribution in [2.45, 2.75) is 38.4 Å². The van der Waals surface area contributed by atoms with Gasteiger partial charge in [-0.2, -0.15) is 0 Å². The normalized spacial score (nSPS) is 15.5. The predicted octanol–water partition coefficient (Wildman–Crippen LogP) is 3.82. The molecular weight excluding hydrogens is 362 g/mol. The summed E-state index contributed by atoms with van der Waals surface area (Å²) >= 11 is 0. The summed E-state index contributed by atoms with van der Waals surface area (Å²) in [7, 11) is 1.68. The minimum absolute atomic E-state index is 0.141. The molecule has 0 radical (unpaired) electrons. The molecule has 2 heterocycles. The molecule has 1 fully saturated rings. The summed E-state index contributed by atoms with van der Waals surface area (Å²) in [6.45, 7) is 3.75. The molecule has 5 nitrogen and oxygen atoms in total. The van der Waals surface area contributed by atoms with E-state index >= 15 is 0 Å². The van der Waals surface area contributed by atoms with Gasteiger partial charge >= 0.3 is 0 Å². The number of methoxy groups -OCH3 is 1. The smallest absolute Gasteiger partial charge is 0.222 e. The van der Waals surface area contributed by atoms with Crippen molar-refractivity contribution in [1.82, 2.24) is 14.8 Å². The van der Waals surface area contributed by atoms with Gasteiger partial charge in [0.05, 0.1) is 7.11 Å². The van der Waals surface area contributed by atoms with Gasteiger partial charge in [0.25, 0.3) is 0 Å². The first-order chi connectivity index (χ1) is 14.2. The fourth-order valence-electron chi connectivity index (χ4n) is 4.10. The maximum absolute atomic E-state index is 12.5. The first-order valence-electron chi connectivity index (χ1n) is 10.4. The van der Waals surface area contributed by atoms with Crippen LogP contribution in [-0.4, -0.2) is 41.6 Å². The number of ether oxygens (including phenoxy) is 1. The average Bonchev–Trinajstić information content (AvgIpc) is 3.16. The van der Waals surface area contributed by atoms with Gasteiger partial charge in [-0.3, -0.25) is 9.69 Å². The van der Waals surface area contributed by atoms with Gasteiger partial charge in [-0.05, 0) is 42.7 Å². The number of hydrogen-bond donors (Lipinski definition) is 1. The Morgan fingerprint density at radius 3 is 2.66 bits per heavy atom. The number of hydrogen-bond acceptors (Lipinski definition) is 3.